The molecule has 0 aliphatic rings. The van der Waals surface area contributed by atoms with Crippen molar-refractivity contribution in [2.75, 3.05) is 5.32 Å². The summed E-state index contributed by atoms with van der Waals surface area (Å²) in [4.78, 5) is 25.0. The highest BCUT2D eigenvalue weighted by molar-refractivity contribution is 6.04. The smallest absolute Gasteiger partial charge is 0.255 e. The second-order valence-corrected chi connectivity index (χ2v) is 6.95. The van der Waals surface area contributed by atoms with Crippen LogP contribution in [-0.2, 0) is 6.54 Å². The molecule has 0 spiro atoms. The highest BCUT2D eigenvalue weighted by Gasteiger charge is 2.14. The Morgan fingerprint density at radius 3 is 1.97 bits per heavy atom. The van der Waals surface area contributed by atoms with Gasteiger partial charge in [0.05, 0.1) is 0 Å². The van der Waals surface area contributed by atoms with E-state index in [-0.39, 0.29) is 35.2 Å². The Labute approximate surface area is 192 Å². The molecule has 3 aromatic carbocycles. The standard InChI is InChI=1S/C26H20N2O2.BrH/c29-25(22-15-13-21(14-16-22)20-8-3-1-4-9-20)19-28-17-7-12-24(18-28)27-26(30)23-10-5-2-6-11-23;/h1-18H,19H2;1H. The molecule has 4 aromatic rings. The van der Waals surface area contributed by atoms with Crippen molar-refractivity contribution >= 4 is 17.4 Å². The van der Waals surface area contributed by atoms with Crippen molar-refractivity contribution in [1.82, 2.24) is 0 Å². The first kappa shape index (κ1) is 22.1. The molecule has 1 amide bonds. The van der Waals surface area contributed by atoms with Crippen molar-refractivity contribution in [2.24, 2.45) is 0 Å². The molecule has 1 aromatic heterocycles. The summed E-state index contributed by atoms with van der Waals surface area (Å²) in [5.74, 6) is -0.178. The van der Waals surface area contributed by atoms with Gasteiger partial charge in [0.25, 0.3) is 5.91 Å². The molecular formula is C26H21BrN2O2. The van der Waals surface area contributed by atoms with Crippen molar-refractivity contribution in [3.8, 4) is 11.1 Å². The lowest BCUT2D eigenvalue weighted by Gasteiger charge is -2.05. The minimum Gasteiger partial charge on any atom is -1.00 e. The Kier molecular flexibility index (Phi) is 7.46. The second kappa shape index (κ2) is 10.5. The monoisotopic (exact) mass is 472 g/mol. The molecule has 0 bridgehead atoms. The zero-order chi connectivity index (χ0) is 20.8. The van der Waals surface area contributed by atoms with Gasteiger partial charge in [-0.05, 0) is 29.3 Å². The van der Waals surface area contributed by atoms with Gasteiger partial charge >= 0.3 is 0 Å². The largest absolute Gasteiger partial charge is 1.00 e. The molecule has 0 fully saturated rings. The molecule has 1 heterocycles. The van der Waals surface area contributed by atoms with Crippen molar-refractivity contribution < 1.29 is 31.1 Å². The minimum atomic E-state index is -0.184. The third-order valence-corrected chi connectivity index (χ3v) is 4.79. The van der Waals surface area contributed by atoms with Gasteiger partial charge < -0.3 is 22.3 Å². The number of ketones is 1. The number of carbonyl (C=O) groups excluding carboxylic acids is 2. The Bertz CT molecular complexity index is 1160. The number of hydrogen-bond donors (Lipinski definition) is 1. The van der Waals surface area contributed by atoms with E-state index in [0.29, 0.717) is 16.8 Å². The molecule has 0 aliphatic carbocycles. The van der Waals surface area contributed by atoms with Gasteiger partial charge in [0.2, 0.25) is 12.3 Å². The number of aromatic nitrogens is 1. The molecule has 0 saturated carbocycles. The number of benzene rings is 3. The van der Waals surface area contributed by atoms with Crippen LogP contribution in [0.3, 0.4) is 0 Å². The molecule has 0 radical (unpaired) electrons. The van der Waals surface area contributed by atoms with Crippen LogP contribution in [0.1, 0.15) is 20.7 Å². The molecule has 0 atom stereocenters. The lowest BCUT2D eigenvalue weighted by molar-refractivity contribution is -0.682. The molecule has 1 N–H and O–H groups in total. The molecule has 154 valence electrons. The van der Waals surface area contributed by atoms with Crippen LogP contribution in [0.15, 0.2) is 109 Å². The van der Waals surface area contributed by atoms with Crippen LogP contribution in [0.2, 0.25) is 0 Å². The Morgan fingerprint density at radius 2 is 1.29 bits per heavy atom. The van der Waals surface area contributed by atoms with Crippen molar-refractivity contribution in [3.05, 3.63) is 121 Å². The van der Waals surface area contributed by atoms with Gasteiger partial charge in [0.15, 0.2) is 12.4 Å². The van der Waals surface area contributed by atoms with Gasteiger partial charge in [-0.2, -0.15) is 4.57 Å². The van der Waals surface area contributed by atoms with E-state index in [1.807, 2.05) is 85.1 Å². The number of pyridine rings is 1. The topological polar surface area (TPSA) is 50.0 Å². The van der Waals surface area contributed by atoms with E-state index in [4.69, 9.17) is 0 Å². The van der Waals surface area contributed by atoms with E-state index in [2.05, 4.69) is 5.32 Å². The SMILES string of the molecule is O=C(C[n+]1cccc(NC(=O)c2ccccc2)c1)c1ccc(-c2ccccc2)cc1.[Br-]. The second-order valence-electron chi connectivity index (χ2n) is 6.95. The lowest BCUT2D eigenvalue weighted by Crippen LogP contribution is -3.00. The van der Waals surface area contributed by atoms with E-state index in [9.17, 15) is 9.59 Å². The first-order valence-electron chi connectivity index (χ1n) is 9.73. The number of hydrogen-bond acceptors (Lipinski definition) is 2. The predicted molar refractivity (Wildman–Crippen MR) is 117 cm³/mol. The fourth-order valence-electron chi connectivity index (χ4n) is 3.22. The minimum absolute atomic E-state index is 0. The number of nitrogens with one attached hydrogen (secondary N) is 1. The number of amides is 1. The quantitative estimate of drug-likeness (QED) is 0.343. The number of halogens is 1. The fourth-order valence-corrected chi connectivity index (χ4v) is 3.22. The summed E-state index contributed by atoms with van der Waals surface area (Å²) >= 11 is 0. The number of Topliss-reactive ketones (excluding diaryl/α,β-unsaturated/α-hetero) is 1. The van der Waals surface area contributed by atoms with Gasteiger partial charge in [-0.1, -0.05) is 72.8 Å². The molecular weight excluding hydrogens is 452 g/mol. The molecule has 0 saturated heterocycles. The summed E-state index contributed by atoms with van der Waals surface area (Å²) in [5.41, 5.74) is 4.07. The Balaban J connectivity index is 0.00000272. The molecule has 5 heteroatoms. The third kappa shape index (κ3) is 5.74. The first-order valence-corrected chi connectivity index (χ1v) is 9.73. The normalized spacial score (nSPS) is 10.1. The van der Waals surface area contributed by atoms with E-state index >= 15 is 0 Å². The summed E-state index contributed by atoms with van der Waals surface area (Å²) in [5, 5.41) is 2.87. The zero-order valence-electron chi connectivity index (χ0n) is 16.7. The first-order chi connectivity index (χ1) is 14.7. The maximum atomic E-state index is 12.7. The van der Waals surface area contributed by atoms with Crippen LogP contribution < -0.4 is 26.9 Å². The molecule has 4 rings (SSSR count). The van der Waals surface area contributed by atoms with Gasteiger partial charge in [-0.3, -0.25) is 9.59 Å². The fraction of sp³-hybridized carbons (Fsp3) is 0.0385. The summed E-state index contributed by atoms with van der Waals surface area (Å²) in [6.07, 6.45) is 3.57. The average Bonchev–Trinajstić information content (AvgIpc) is 2.80. The summed E-state index contributed by atoms with van der Waals surface area (Å²) in [6, 6.07) is 30.3. The highest BCUT2D eigenvalue weighted by Crippen LogP contribution is 2.19. The Morgan fingerprint density at radius 1 is 0.677 bits per heavy atom. The number of nitrogens with zero attached hydrogens (tertiary/aromatic N) is 1. The van der Waals surface area contributed by atoms with Gasteiger partial charge in [-0.15, -0.1) is 0 Å². The van der Waals surface area contributed by atoms with Gasteiger partial charge in [0.1, 0.15) is 5.69 Å². The van der Waals surface area contributed by atoms with Crippen molar-refractivity contribution in [3.63, 3.8) is 0 Å². The van der Waals surface area contributed by atoms with Crippen molar-refractivity contribution in [1.29, 1.82) is 0 Å². The molecule has 4 nitrogen and oxygen atoms in total. The zero-order valence-corrected chi connectivity index (χ0v) is 18.3. The van der Waals surface area contributed by atoms with Gasteiger partial charge in [0, 0.05) is 17.2 Å². The van der Waals surface area contributed by atoms with Crippen LogP contribution in [0, 0.1) is 0 Å². The Hall–Kier alpha value is -3.57. The van der Waals surface area contributed by atoms with E-state index in [1.54, 1.807) is 29.0 Å². The van der Waals surface area contributed by atoms with Crippen LogP contribution in [-0.4, -0.2) is 11.7 Å². The van der Waals surface area contributed by atoms with Gasteiger partial charge in [-0.25, -0.2) is 0 Å². The molecule has 0 unspecified atom stereocenters. The summed E-state index contributed by atoms with van der Waals surface area (Å²) in [6.45, 7) is 0.194. The van der Waals surface area contributed by atoms with Crippen LogP contribution in [0.4, 0.5) is 5.69 Å². The maximum Gasteiger partial charge on any atom is 0.255 e. The lowest BCUT2D eigenvalue weighted by atomic mass is 10.0. The van der Waals surface area contributed by atoms with Crippen LogP contribution in [0.25, 0.3) is 11.1 Å². The average molecular weight is 473 g/mol. The molecule has 31 heavy (non-hydrogen) atoms. The van der Waals surface area contributed by atoms with Crippen molar-refractivity contribution in [2.45, 2.75) is 6.54 Å². The number of rotatable bonds is 6. The number of anilines is 1. The third-order valence-electron chi connectivity index (χ3n) is 4.79. The number of carbonyl (C=O) groups is 2. The van der Waals surface area contributed by atoms with E-state index in [0.717, 1.165) is 11.1 Å². The predicted octanol–water partition coefficient (Wildman–Crippen LogP) is 1.78. The van der Waals surface area contributed by atoms with Crippen LogP contribution in [0.5, 0.6) is 0 Å². The van der Waals surface area contributed by atoms with E-state index < -0.39 is 0 Å². The highest BCUT2D eigenvalue weighted by atomic mass is 79.9. The molecule has 0 aliphatic heterocycles. The summed E-state index contributed by atoms with van der Waals surface area (Å²) in [7, 11) is 0. The van der Waals surface area contributed by atoms with E-state index in [1.165, 1.54) is 0 Å². The maximum absolute atomic E-state index is 12.7. The van der Waals surface area contributed by atoms with Crippen LogP contribution >= 0.6 is 0 Å². The summed E-state index contributed by atoms with van der Waals surface area (Å²) < 4.78 is 1.77.